The summed E-state index contributed by atoms with van der Waals surface area (Å²) in [7, 11) is -6.78. The van der Waals surface area contributed by atoms with Gasteiger partial charge in [0.1, 0.15) is 0 Å². The molecule has 0 aliphatic rings. The van der Waals surface area contributed by atoms with E-state index in [9.17, 15) is 9.13 Å². The van der Waals surface area contributed by atoms with Crippen molar-refractivity contribution in [1.82, 2.24) is 0 Å². The second-order valence-electron chi connectivity index (χ2n) is 1.60. The van der Waals surface area contributed by atoms with Crippen LogP contribution < -0.4 is 0 Å². The van der Waals surface area contributed by atoms with E-state index < -0.39 is 16.1 Å². The Bertz CT molecular complexity index is 182. The fraction of sp³-hybridized carbons (Fsp3) is 1.00. The van der Waals surface area contributed by atoms with Gasteiger partial charge < -0.3 is 0 Å². The molecule has 0 aromatic heterocycles. The molecule has 0 radical (unpaired) electrons. The van der Waals surface area contributed by atoms with Crippen molar-refractivity contribution < 1.29 is 27.4 Å². The predicted molar refractivity (Wildman–Crippen MR) is 41.8 cm³/mol. The van der Waals surface area contributed by atoms with Crippen LogP contribution in [0.15, 0.2) is 0 Å². The van der Waals surface area contributed by atoms with Crippen LogP contribution in [-0.4, -0.2) is 18.1 Å². The minimum Gasteiger partial charge on any atom is -0.285 e. The lowest BCUT2D eigenvalue weighted by Crippen LogP contribution is -1.95. The van der Waals surface area contributed by atoms with Crippen LogP contribution in [0.25, 0.3) is 0 Å². The first kappa shape index (κ1) is 12.2. The maximum atomic E-state index is 11.2. The summed E-state index contributed by atoms with van der Waals surface area (Å²) >= 11 is 0. The van der Waals surface area contributed by atoms with Gasteiger partial charge in [-0.05, 0) is 18.2 Å². The molecule has 1 N–H and O–H groups in total. The van der Waals surface area contributed by atoms with Gasteiger partial charge in [-0.2, -0.15) is 0 Å². The van der Waals surface area contributed by atoms with Crippen LogP contribution in [0.4, 0.5) is 0 Å². The van der Waals surface area contributed by atoms with Crippen LogP contribution in [0.3, 0.4) is 0 Å². The first-order valence-corrected chi connectivity index (χ1v) is 5.88. The van der Waals surface area contributed by atoms with Crippen LogP contribution in [0, 0.1) is 0 Å². The Morgan fingerprint density at radius 1 is 1.33 bits per heavy atom. The molecule has 0 aliphatic carbocycles. The van der Waals surface area contributed by atoms with Crippen molar-refractivity contribution in [2.24, 2.45) is 0 Å². The molecule has 0 saturated carbocycles. The first-order valence-electron chi connectivity index (χ1n) is 3.29. The summed E-state index contributed by atoms with van der Waals surface area (Å²) in [5.41, 5.74) is 0. The van der Waals surface area contributed by atoms with Crippen molar-refractivity contribution in [1.29, 1.82) is 0 Å². The zero-order valence-corrected chi connectivity index (χ0v) is 8.59. The number of rotatable bonds is 6. The average Bonchev–Trinajstić information content (AvgIpc) is 1.85. The number of hydrogen-bond donors (Lipinski definition) is 1. The van der Waals surface area contributed by atoms with Gasteiger partial charge in [-0.1, -0.05) is 0 Å². The average molecular weight is 217 g/mol. The van der Waals surface area contributed by atoms with E-state index in [2.05, 4.69) is 13.4 Å². The van der Waals surface area contributed by atoms with Crippen LogP contribution in [-0.2, 0) is 22.5 Å². The zero-order valence-electron chi connectivity index (χ0n) is 6.80. The highest BCUT2D eigenvalue weighted by Gasteiger charge is 2.37. The number of phosphoric acid groups is 1. The molecule has 0 aromatic rings. The van der Waals surface area contributed by atoms with Crippen molar-refractivity contribution in [2.45, 2.75) is 13.8 Å². The van der Waals surface area contributed by atoms with Crippen LogP contribution in [0.5, 0.6) is 0 Å². The molecule has 0 fully saturated rings. The molecule has 0 aromatic carbocycles. The van der Waals surface area contributed by atoms with Gasteiger partial charge in [0.05, 0.1) is 13.2 Å². The van der Waals surface area contributed by atoms with E-state index in [-0.39, 0.29) is 13.2 Å². The minimum atomic E-state index is -3.81. The third-order valence-electron chi connectivity index (χ3n) is 0.744. The van der Waals surface area contributed by atoms with E-state index in [1.807, 2.05) is 0 Å². The monoisotopic (exact) mass is 217 g/mol. The maximum absolute atomic E-state index is 11.2. The SMILES string of the molecule is CCOP(=O)(OCC)O[P+](=O)O. The summed E-state index contributed by atoms with van der Waals surface area (Å²) in [4.78, 5) is 8.30. The smallest absolute Gasteiger partial charge is 0.285 e. The van der Waals surface area contributed by atoms with Gasteiger partial charge in [0.25, 0.3) is 0 Å². The molecular weight excluding hydrogens is 206 g/mol. The van der Waals surface area contributed by atoms with Crippen LogP contribution >= 0.6 is 16.1 Å². The normalized spacial score (nSPS) is 13.1. The first-order chi connectivity index (χ1) is 5.54. The van der Waals surface area contributed by atoms with Crippen molar-refractivity contribution in [2.75, 3.05) is 13.2 Å². The minimum absolute atomic E-state index is 0.0838. The van der Waals surface area contributed by atoms with Gasteiger partial charge in [-0.3, -0.25) is 9.05 Å². The molecule has 0 aliphatic heterocycles. The summed E-state index contributed by atoms with van der Waals surface area (Å²) in [5.74, 6) is 0. The molecule has 0 bridgehead atoms. The molecule has 0 saturated heterocycles. The molecular formula is C4H11O6P2+. The summed E-state index contributed by atoms with van der Waals surface area (Å²) < 4.78 is 34.6. The van der Waals surface area contributed by atoms with E-state index in [1.54, 1.807) is 13.8 Å². The largest absolute Gasteiger partial charge is 0.705 e. The fourth-order valence-corrected chi connectivity index (χ4v) is 2.25. The highest BCUT2D eigenvalue weighted by atomic mass is 31.2. The van der Waals surface area contributed by atoms with Gasteiger partial charge >= 0.3 is 16.1 Å². The Morgan fingerprint density at radius 3 is 2.00 bits per heavy atom. The Labute approximate surface area is 71.4 Å². The Hall–Kier alpha value is 0.170. The third kappa shape index (κ3) is 4.93. The van der Waals surface area contributed by atoms with Gasteiger partial charge in [0.15, 0.2) is 0 Å². The molecule has 0 amide bonds. The van der Waals surface area contributed by atoms with Gasteiger partial charge in [0, 0.05) is 4.57 Å². The molecule has 8 heteroatoms. The summed E-state index contributed by atoms with van der Waals surface area (Å²) in [6.45, 7) is 3.31. The number of hydrogen-bond acceptors (Lipinski definition) is 5. The summed E-state index contributed by atoms with van der Waals surface area (Å²) in [6.07, 6.45) is 0. The van der Waals surface area contributed by atoms with Crippen molar-refractivity contribution >= 4 is 16.1 Å². The van der Waals surface area contributed by atoms with Crippen molar-refractivity contribution in [3.8, 4) is 0 Å². The zero-order chi connectivity index (χ0) is 9.61. The third-order valence-corrected chi connectivity index (χ3v) is 3.25. The lowest BCUT2D eigenvalue weighted by atomic mass is 10.9. The van der Waals surface area contributed by atoms with E-state index in [1.165, 1.54) is 0 Å². The van der Waals surface area contributed by atoms with Gasteiger partial charge in [0.2, 0.25) is 0 Å². The van der Waals surface area contributed by atoms with Gasteiger partial charge in [-0.15, -0.1) is 4.89 Å². The van der Waals surface area contributed by atoms with E-state index in [4.69, 9.17) is 4.89 Å². The molecule has 0 heterocycles. The van der Waals surface area contributed by atoms with E-state index in [0.29, 0.717) is 0 Å². The molecule has 0 spiro atoms. The molecule has 1 unspecified atom stereocenters. The second-order valence-corrected chi connectivity index (χ2v) is 4.14. The Kier molecular flexibility index (Phi) is 5.84. The molecule has 1 atom stereocenters. The van der Waals surface area contributed by atoms with Crippen LogP contribution in [0.2, 0.25) is 0 Å². The maximum Gasteiger partial charge on any atom is 0.705 e. The van der Waals surface area contributed by atoms with Crippen molar-refractivity contribution in [3.05, 3.63) is 0 Å². The van der Waals surface area contributed by atoms with E-state index in [0.717, 1.165) is 0 Å². The molecule has 0 rings (SSSR count). The Balaban J connectivity index is 4.18. The Morgan fingerprint density at radius 2 is 1.75 bits per heavy atom. The highest BCUT2D eigenvalue weighted by molar-refractivity contribution is 7.56. The molecule has 6 nitrogen and oxygen atoms in total. The highest BCUT2D eigenvalue weighted by Crippen LogP contribution is 2.55. The fourth-order valence-electron chi connectivity index (χ4n) is 0.486. The second kappa shape index (κ2) is 5.75. The predicted octanol–water partition coefficient (Wildman–Crippen LogP) is 1.83. The molecule has 12 heavy (non-hydrogen) atoms. The van der Waals surface area contributed by atoms with Crippen molar-refractivity contribution in [3.63, 3.8) is 0 Å². The molecule has 72 valence electrons. The quantitative estimate of drug-likeness (QED) is 0.683. The number of phosphoric ester groups is 1. The standard InChI is InChI=1S/C4H10O6P2/c1-3-8-12(7,9-4-2)10-11(5)6/h3-4H2,1-2H3/p+1. The lowest BCUT2D eigenvalue weighted by molar-refractivity contribution is 0.165. The van der Waals surface area contributed by atoms with E-state index >= 15 is 0 Å². The lowest BCUT2D eigenvalue weighted by Gasteiger charge is -2.07. The summed E-state index contributed by atoms with van der Waals surface area (Å²) in [5, 5.41) is 0. The topological polar surface area (TPSA) is 82.1 Å². The summed E-state index contributed by atoms with van der Waals surface area (Å²) in [6, 6.07) is 0. The van der Waals surface area contributed by atoms with Gasteiger partial charge in [-0.25, -0.2) is 4.57 Å². The van der Waals surface area contributed by atoms with Crippen LogP contribution in [0.1, 0.15) is 13.8 Å².